The number of ketones is 1. The summed E-state index contributed by atoms with van der Waals surface area (Å²) in [5.41, 5.74) is 1.49. The number of hydrogen-bond acceptors (Lipinski definition) is 7. The number of carbonyl (C=O) groups is 4. The van der Waals surface area contributed by atoms with Crippen LogP contribution >= 0.6 is 11.6 Å². The number of hydrogen-bond donors (Lipinski definition) is 4. The summed E-state index contributed by atoms with van der Waals surface area (Å²) < 4.78 is 16.3. The van der Waals surface area contributed by atoms with Crippen molar-refractivity contribution in [1.82, 2.24) is 21.3 Å². The molecular formula is C34H41ClN4O7. The molecular weight excluding hydrogens is 612 g/mol. The molecule has 0 aromatic heterocycles. The van der Waals surface area contributed by atoms with Crippen LogP contribution in [0.5, 0.6) is 23.0 Å². The van der Waals surface area contributed by atoms with E-state index in [2.05, 4.69) is 21.3 Å². The van der Waals surface area contributed by atoms with Crippen molar-refractivity contribution < 1.29 is 33.4 Å². The van der Waals surface area contributed by atoms with Crippen LogP contribution < -0.4 is 35.5 Å². The summed E-state index contributed by atoms with van der Waals surface area (Å²) in [7, 11) is 3.03. The second-order valence-electron chi connectivity index (χ2n) is 10.9. The lowest BCUT2D eigenvalue weighted by atomic mass is 10.0. The Morgan fingerprint density at radius 2 is 1.28 bits per heavy atom. The van der Waals surface area contributed by atoms with E-state index in [0.29, 0.717) is 40.0 Å². The fourth-order valence-electron chi connectivity index (χ4n) is 4.43. The average Bonchev–Trinajstić information content (AvgIpc) is 3.05. The number of urea groups is 1. The molecule has 246 valence electrons. The Balaban J connectivity index is 1.53. The van der Waals surface area contributed by atoms with Crippen molar-refractivity contribution in [2.75, 3.05) is 14.2 Å². The molecule has 4 N–H and O–H groups in total. The Morgan fingerprint density at radius 1 is 0.717 bits per heavy atom. The summed E-state index contributed by atoms with van der Waals surface area (Å²) >= 11 is 5.91. The number of Topliss-reactive ketones (excluding diaryl/α,β-unsaturated/α-hetero) is 1. The van der Waals surface area contributed by atoms with Crippen LogP contribution in [0.1, 0.15) is 44.7 Å². The Morgan fingerprint density at radius 3 is 1.83 bits per heavy atom. The fourth-order valence-corrected chi connectivity index (χ4v) is 4.56. The first kappa shape index (κ1) is 35.7. The van der Waals surface area contributed by atoms with Crippen molar-refractivity contribution in [3.63, 3.8) is 0 Å². The predicted molar refractivity (Wildman–Crippen MR) is 175 cm³/mol. The van der Waals surface area contributed by atoms with Gasteiger partial charge in [0.15, 0.2) is 0 Å². The second kappa shape index (κ2) is 17.6. The van der Waals surface area contributed by atoms with Gasteiger partial charge in [-0.05, 0) is 78.4 Å². The molecule has 0 heterocycles. The molecule has 2 unspecified atom stereocenters. The van der Waals surface area contributed by atoms with Crippen molar-refractivity contribution in [3.05, 3.63) is 82.9 Å². The highest BCUT2D eigenvalue weighted by atomic mass is 35.5. The topological polar surface area (TPSA) is 144 Å². The SMILES string of the molecule is CCC(NC(=O)C(CC(C)C)NC(=O)NCc1ccc(Oc2ccc(Cl)cc2)cc1)C(=O)C(=O)NCc1cc(OC)cc(OC)c1. The van der Waals surface area contributed by atoms with Gasteiger partial charge < -0.3 is 35.5 Å². The van der Waals surface area contributed by atoms with Crippen molar-refractivity contribution >= 4 is 35.2 Å². The van der Waals surface area contributed by atoms with E-state index in [-0.39, 0.29) is 25.4 Å². The Labute approximate surface area is 274 Å². The average molecular weight is 653 g/mol. The number of benzene rings is 3. The minimum atomic E-state index is -1.07. The molecule has 2 atom stereocenters. The molecule has 0 aliphatic heterocycles. The Hall–Kier alpha value is -4.77. The smallest absolute Gasteiger partial charge is 0.315 e. The van der Waals surface area contributed by atoms with Crippen molar-refractivity contribution in [1.29, 1.82) is 0 Å². The number of methoxy groups -OCH3 is 2. The molecule has 11 nitrogen and oxygen atoms in total. The molecule has 0 radical (unpaired) electrons. The molecule has 0 spiro atoms. The van der Waals surface area contributed by atoms with Crippen LogP contribution in [-0.2, 0) is 27.5 Å². The van der Waals surface area contributed by atoms with Crippen LogP contribution in [-0.4, -0.2) is 49.9 Å². The van der Waals surface area contributed by atoms with Gasteiger partial charge in [-0.3, -0.25) is 14.4 Å². The van der Waals surface area contributed by atoms with Gasteiger partial charge in [0.25, 0.3) is 5.91 Å². The van der Waals surface area contributed by atoms with Gasteiger partial charge in [0.1, 0.15) is 29.0 Å². The largest absolute Gasteiger partial charge is 0.497 e. The van der Waals surface area contributed by atoms with Crippen molar-refractivity contribution in [2.45, 2.75) is 58.8 Å². The van der Waals surface area contributed by atoms with Gasteiger partial charge in [-0.15, -0.1) is 0 Å². The van der Waals surface area contributed by atoms with Gasteiger partial charge >= 0.3 is 6.03 Å². The zero-order valence-corrected chi connectivity index (χ0v) is 27.4. The zero-order valence-electron chi connectivity index (χ0n) is 26.6. The molecule has 0 fully saturated rings. The summed E-state index contributed by atoms with van der Waals surface area (Å²) in [6.07, 6.45) is 0.508. The standard InChI is InChI=1S/C34H41ClN4O7/c1-6-29(31(40)33(42)36-20-23-16-27(44-4)18-28(17-23)45-5)38-32(41)30(15-21(2)3)39-34(43)37-19-22-7-11-25(12-8-22)46-26-13-9-24(35)10-14-26/h7-14,16-18,21,29-30H,6,15,19-20H2,1-5H3,(H,36,42)(H,38,41)(H2,37,39,43). The third kappa shape index (κ3) is 11.3. The molecule has 4 amide bonds. The van der Waals surface area contributed by atoms with Crippen LogP contribution in [0.4, 0.5) is 4.79 Å². The molecule has 3 aromatic rings. The van der Waals surface area contributed by atoms with E-state index in [9.17, 15) is 19.2 Å². The molecule has 0 aliphatic carbocycles. The summed E-state index contributed by atoms with van der Waals surface area (Å²) in [4.78, 5) is 51.7. The van der Waals surface area contributed by atoms with Crippen LogP contribution in [0.25, 0.3) is 0 Å². The first-order chi connectivity index (χ1) is 22.0. The number of halogens is 1. The first-order valence-corrected chi connectivity index (χ1v) is 15.3. The molecule has 0 saturated carbocycles. The normalized spacial score (nSPS) is 12.0. The minimum absolute atomic E-state index is 0.0539. The van der Waals surface area contributed by atoms with E-state index in [1.54, 1.807) is 61.5 Å². The third-order valence-corrected chi connectivity index (χ3v) is 7.14. The van der Waals surface area contributed by atoms with Gasteiger partial charge in [0.05, 0.1) is 20.3 Å². The Bertz CT molecular complexity index is 1460. The molecule has 3 aromatic carbocycles. The predicted octanol–water partition coefficient (Wildman–Crippen LogP) is 5.14. The van der Waals surface area contributed by atoms with Gasteiger partial charge in [0.2, 0.25) is 11.7 Å². The van der Waals surface area contributed by atoms with Crippen LogP contribution in [0, 0.1) is 5.92 Å². The van der Waals surface area contributed by atoms with E-state index in [0.717, 1.165) is 5.56 Å². The fraction of sp³-hybridized carbons (Fsp3) is 0.353. The van der Waals surface area contributed by atoms with Crippen LogP contribution in [0.15, 0.2) is 66.7 Å². The monoisotopic (exact) mass is 652 g/mol. The molecule has 0 saturated heterocycles. The van der Waals surface area contributed by atoms with Crippen LogP contribution in [0.2, 0.25) is 5.02 Å². The number of rotatable bonds is 16. The molecule has 0 bridgehead atoms. The van der Waals surface area contributed by atoms with Gasteiger partial charge in [0, 0.05) is 24.2 Å². The lowest BCUT2D eigenvalue weighted by molar-refractivity contribution is -0.140. The minimum Gasteiger partial charge on any atom is -0.497 e. The summed E-state index contributed by atoms with van der Waals surface area (Å²) in [5.74, 6) is 0.218. The number of nitrogens with one attached hydrogen (secondary N) is 4. The summed E-state index contributed by atoms with van der Waals surface area (Å²) in [5, 5.41) is 11.3. The highest BCUT2D eigenvalue weighted by Gasteiger charge is 2.29. The molecule has 0 aliphatic rings. The van der Waals surface area contributed by atoms with Crippen molar-refractivity contribution in [3.8, 4) is 23.0 Å². The maximum Gasteiger partial charge on any atom is 0.315 e. The lowest BCUT2D eigenvalue weighted by Gasteiger charge is -2.23. The molecule has 12 heteroatoms. The maximum absolute atomic E-state index is 13.2. The van der Waals surface area contributed by atoms with E-state index < -0.39 is 35.7 Å². The summed E-state index contributed by atoms with van der Waals surface area (Å²) in [6, 6.07) is 16.8. The first-order valence-electron chi connectivity index (χ1n) is 14.9. The van der Waals surface area contributed by atoms with E-state index >= 15 is 0 Å². The molecule has 46 heavy (non-hydrogen) atoms. The Kier molecular flexibility index (Phi) is 13.7. The lowest BCUT2D eigenvalue weighted by Crippen LogP contribution is -2.55. The van der Waals surface area contributed by atoms with Crippen LogP contribution in [0.3, 0.4) is 0 Å². The number of ether oxygens (including phenoxy) is 3. The highest BCUT2D eigenvalue weighted by Crippen LogP contribution is 2.24. The van der Waals surface area contributed by atoms with E-state index in [1.165, 1.54) is 14.2 Å². The third-order valence-electron chi connectivity index (χ3n) is 6.88. The maximum atomic E-state index is 13.2. The molecule has 3 rings (SSSR count). The number of amides is 4. The second-order valence-corrected chi connectivity index (χ2v) is 11.4. The summed E-state index contributed by atoms with van der Waals surface area (Å²) in [6.45, 7) is 5.78. The van der Waals surface area contributed by atoms with Gasteiger partial charge in [-0.1, -0.05) is 44.5 Å². The number of carbonyl (C=O) groups excluding carboxylic acids is 4. The van der Waals surface area contributed by atoms with Gasteiger partial charge in [-0.25, -0.2) is 4.79 Å². The van der Waals surface area contributed by atoms with Gasteiger partial charge in [-0.2, -0.15) is 0 Å². The van der Waals surface area contributed by atoms with E-state index in [1.807, 2.05) is 26.0 Å². The highest BCUT2D eigenvalue weighted by molar-refractivity contribution is 6.38. The quantitative estimate of drug-likeness (QED) is 0.157. The van der Waals surface area contributed by atoms with E-state index in [4.69, 9.17) is 25.8 Å². The zero-order chi connectivity index (χ0) is 33.6. The van der Waals surface area contributed by atoms with Crippen molar-refractivity contribution in [2.24, 2.45) is 5.92 Å².